The van der Waals surface area contributed by atoms with Gasteiger partial charge in [0.05, 0.1) is 14.2 Å². The van der Waals surface area contributed by atoms with Crippen LogP contribution in [0.3, 0.4) is 0 Å². The first-order valence-electron chi connectivity index (χ1n) is 9.70. The molecule has 0 unspecified atom stereocenters. The zero-order valence-electron chi connectivity index (χ0n) is 17.6. The van der Waals surface area contributed by atoms with Crippen LogP contribution in [-0.4, -0.2) is 32.6 Å². The van der Waals surface area contributed by atoms with Crippen molar-refractivity contribution in [1.82, 2.24) is 10.6 Å². The molecule has 0 saturated carbocycles. The summed E-state index contributed by atoms with van der Waals surface area (Å²) in [6.07, 6.45) is 1.70. The average Bonchev–Trinajstić information content (AvgIpc) is 2.75. The molecule has 0 aromatic heterocycles. The number of nitrogens with one attached hydrogen (secondary N) is 2. The first-order valence-corrected chi connectivity index (χ1v) is 9.70. The summed E-state index contributed by atoms with van der Waals surface area (Å²) < 4.78 is 10.5. The van der Waals surface area contributed by atoms with Crippen LogP contribution in [-0.2, 0) is 22.6 Å². The number of amides is 2. The zero-order valence-corrected chi connectivity index (χ0v) is 17.6. The molecule has 0 bridgehead atoms. The molecule has 2 aromatic carbocycles. The van der Waals surface area contributed by atoms with E-state index in [-0.39, 0.29) is 11.8 Å². The number of ether oxygens (including phenoxy) is 2. The van der Waals surface area contributed by atoms with E-state index >= 15 is 0 Å². The fraction of sp³-hybridized carbons (Fsp3) is 0.391. The van der Waals surface area contributed by atoms with Gasteiger partial charge in [0.1, 0.15) is 5.41 Å². The Morgan fingerprint density at radius 1 is 0.862 bits per heavy atom. The summed E-state index contributed by atoms with van der Waals surface area (Å²) in [5, 5.41) is 5.70. The normalized spacial score (nSPS) is 10.9. The van der Waals surface area contributed by atoms with E-state index in [2.05, 4.69) is 22.8 Å². The van der Waals surface area contributed by atoms with Crippen LogP contribution < -0.4 is 20.1 Å². The van der Waals surface area contributed by atoms with Crippen molar-refractivity contribution < 1.29 is 19.1 Å². The van der Waals surface area contributed by atoms with Crippen molar-refractivity contribution in [3.8, 4) is 11.5 Å². The average molecular weight is 399 g/mol. The van der Waals surface area contributed by atoms with Gasteiger partial charge in [0.15, 0.2) is 11.5 Å². The van der Waals surface area contributed by atoms with E-state index in [4.69, 9.17) is 9.47 Å². The second kappa shape index (κ2) is 10.5. The number of carbonyl (C=O) groups excluding carboxylic acids is 2. The van der Waals surface area contributed by atoms with E-state index in [1.165, 1.54) is 5.56 Å². The van der Waals surface area contributed by atoms with Gasteiger partial charge in [0.25, 0.3) is 0 Å². The lowest BCUT2D eigenvalue weighted by atomic mass is 9.91. The Labute approximate surface area is 172 Å². The molecule has 0 radical (unpaired) electrons. The number of benzene rings is 2. The van der Waals surface area contributed by atoms with Crippen molar-refractivity contribution in [2.24, 2.45) is 5.41 Å². The molecule has 2 N–H and O–H groups in total. The molecule has 0 atom stereocenters. The van der Waals surface area contributed by atoms with Gasteiger partial charge in [-0.1, -0.05) is 36.4 Å². The van der Waals surface area contributed by atoms with E-state index < -0.39 is 5.41 Å². The van der Waals surface area contributed by atoms with Gasteiger partial charge in [0.2, 0.25) is 11.8 Å². The summed E-state index contributed by atoms with van der Waals surface area (Å²) in [6.45, 7) is 4.08. The second-order valence-corrected chi connectivity index (χ2v) is 7.34. The number of hydrogen-bond acceptors (Lipinski definition) is 4. The Kier molecular flexibility index (Phi) is 8.07. The van der Waals surface area contributed by atoms with Crippen LogP contribution in [0.1, 0.15) is 31.4 Å². The molecule has 6 heteroatoms. The summed E-state index contributed by atoms with van der Waals surface area (Å²) >= 11 is 0. The highest BCUT2D eigenvalue weighted by atomic mass is 16.5. The smallest absolute Gasteiger partial charge is 0.235 e. The van der Waals surface area contributed by atoms with Gasteiger partial charge in [-0.3, -0.25) is 9.59 Å². The van der Waals surface area contributed by atoms with Gasteiger partial charge in [-0.05, 0) is 49.9 Å². The van der Waals surface area contributed by atoms with Crippen molar-refractivity contribution in [2.45, 2.75) is 33.2 Å². The van der Waals surface area contributed by atoms with E-state index in [0.29, 0.717) is 24.6 Å². The third kappa shape index (κ3) is 6.24. The number of aryl methyl sites for hydroxylation is 1. The van der Waals surface area contributed by atoms with E-state index in [9.17, 15) is 9.59 Å². The molecule has 156 valence electrons. The fourth-order valence-corrected chi connectivity index (χ4v) is 2.86. The van der Waals surface area contributed by atoms with Crippen LogP contribution in [0.4, 0.5) is 0 Å². The number of hydrogen-bond donors (Lipinski definition) is 2. The first-order chi connectivity index (χ1) is 13.9. The second-order valence-electron chi connectivity index (χ2n) is 7.34. The first kappa shape index (κ1) is 22.3. The molecule has 0 fully saturated rings. The van der Waals surface area contributed by atoms with Crippen molar-refractivity contribution in [2.75, 3.05) is 20.8 Å². The molecule has 0 aliphatic carbocycles. The predicted molar refractivity (Wildman–Crippen MR) is 113 cm³/mol. The van der Waals surface area contributed by atoms with Crippen molar-refractivity contribution >= 4 is 11.8 Å². The van der Waals surface area contributed by atoms with Crippen LogP contribution >= 0.6 is 0 Å². The van der Waals surface area contributed by atoms with E-state index in [1.54, 1.807) is 40.2 Å². The minimum atomic E-state index is -1.16. The lowest BCUT2D eigenvalue weighted by Gasteiger charge is -2.23. The predicted octanol–water partition coefficient (Wildman–Crippen LogP) is 3.10. The highest BCUT2D eigenvalue weighted by Crippen LogP contribution is 2.27. The van der Waals surface area contributed by atoms with Gasteiger partial charge in [-0.15, -0.1) is 0 Å². The van der Waals surface area contributed by atoms with Crippen LogP contribution in [0.25, 0.3) is 0 Å². The third-order valence-electron chi connectivity index (χ3n) is 4.81. The van der Waals surface area contributed by atoms with Gasteiger partial charge < -0.3 is 20.1 Å². The summed E-state index contributed by atoms with van der Waals surface area (Å²) in [5.41, 5.74) is 0.923. The monoisotopic (exact) mass is 398 g/mol. The largest absolute Gasteiger partial charge is 0.493 e. The maximum absolute atomic E-state index is 12.6. The maximum atomic E-state index is 12.6. The van der Waals surface area contributed by atoms with Crippen LogP contribution in [0.5, 0.6) is 11.5 Å². The molecular weight excluding hydrogens is 368 g/mol. The molecule has 0 spiro atoms. The standard InChI is InChI=1S/C23H30N2O4/c1-23(2,21(26)24-14-8-11-17-9-6-5-7-10-17)22(27)25-16-18-12-13-19(28-3)20(15-18)29-4/h5-7,9-10,12-13,15H,8,11,14,16H2,1-4H3,(H,24,26)(H,25,27). The molecule has 0 aliphatic heterocycles. The van der Waals surface area contributed by atoms with Crippen molar-refractivity contribution in [3.05, 3.63) is 59.7 Å². The summed E-state index contributed by atoms with van der Waals surface area (Å²) in [7, 11) is 3.13. The highest BCUT2D eigenvalue weighted by Gasteiger charge is 2.35. The Morgan fingerprint density at radius 2 is 1.52 bits per heavy atom. The molecule has 29 heavy (non-hydrogen) atoms. The number of rotatable bonds is 10. The van der Waals surface area contributed by atoms with Crippen LogP contribution in [0, 0.1) is 5.41 Å². The van der Waals surface area contributed by atoms with Crippen molar-refractivity contribution in [1.29, 1.82) is 0 Å². The Balaban J connectivity index is 1.82. The number of methoxy groups -OCH3 is 2. The number of carbonyl (C=O) groups is 2. The summed E-state index contributed by atoms with van der Waals surface area (Å²) in [6, 6.07) is 15.5. The molecule has 0 saturated heterocycles. The quantitative estimate of drug-likeness (QED) is 0.476. The van der Waals surface area contributed by atoms with Gasteiger partial charge in [0, 0.05) is 13.1 Å². The third-order valence-corrected chi connectivity index (χ3v) is 4.81. The van der Waals surface area contributed by atoms with Gasteiger partial charge in [-0.2, -0.15) is 0 Å². The Hall–Kier alpha value is -3.02. The molecule has 0 aliphatic rings. The molecule has 0 heterocycles. The summed E-state index contributed by atoms with van der Waals surface area (Å²) in [5.74, 6) is 0.607. The molecule has 6 nitrogen and oxygen atoms in total. The van der Waals surface area contributed by atoms with Crippen LogP contribution in [0.2, 0.25) is 0 Å². The van der Waals surface area contributed by atoms with E-state index in [1.807, 2.05) is 24.3 Å². The zero-order chi connectivity index (χ0) is 21.3. The Bertz CT molecular complexity index is 819. The van der Waals surface area contributed by atoms with Crippen molar-refractivity contribution in [3.63, 3.8) is 0 Å². The Morgan fingerprint density at radius 3 is 2.17 bits per heavy atom. The molecule has 2 rings (SSSR count). The lowest BCUT2D eigenvalue weighted by molar-refractivity contribution is -0.141. The molecular formula is C23H30N2O4. The fourth-order valence-electron chi connectivity index (χ4n) is 2.86. The molecule has 2 aromatic rings. The lowest BCUT2D eigenvalue weighted by Crippen LogP contribution is -2.47. The van der Waals surface area contributed by atoms with Gasteiger partial charge >= 0.3 is 0 Å². The topological polar surface area (TPSA) is 76.7 Å². The van der Waals surface area contributed by atoms with E-state index in [0.717, 1.165) is 18.4 Å². The van der Waals surface area contributed by atoms with Crippen LogP contribution in [0.15, 0.2) is 48.5 Å². The summed E-state index contributed by atoms with van der Waals surface area (Å²) in [4.78, 5) is 25.1. The minimum Gasteiger partial charge on any atom is -0.493 e. The van der Waals surface area contributed by atoms with Gasteiger partial charge in [-0.25, -0.2) is 0 Å². The highest BCUT2D eigenvalue weighted by molar-refractivity contribution is 6.04. The minimum absolute atomic E-state index is 0.282. The SMILES string of the molecule is COc1ccc(CNC(=O)C(C)(C)C(=O)NCCCc2ccccc2)cc1OC. The maximum Gasteiger partial charge on any atom is 0.235 e. The molecule has 2 amide bonds.